The minimum absolute atomic E-state index is 0.0915. The molecule has 4 heteroatoms. The van der Waals surface area contributed by atoms with Crippen LogP contribution in [-0.4, -0.2) is 8.42 Å². The molecular weight excluding hydrogens is 272 g/mol. The monoisotopic (exact) mass is 286 g/mol. The molecule has 0 saturated heterocycles. The zero-order valence-electron chi connectivity index (χ0n) is 10.8. The first-order valence-electron chi connectivity index (χ1n) is 5.96. The summed E-state index contributed by atoms with van der Waals surface area (Å²) in [5.74, 6) is 0.251. The Morgan fingerprint density at radius 2 is 1.40 bits per heavy atom. The lowest BCUT2D eigenvalue weighted by atomic mass is 10.2. The van der Waals surface area contributed by atoms with Gasteiger partial charge in [0, 0.05) is 5.56 Å². The number of para-hydroxylation sites is 1. The molecule has 0 saturated carbocycles. The molecule has 2 aromatic carbocycles. The summed E-state index contributed by atoms with van der Waals surface area (Å²) in [6.07, 6.45) is 3.03. The Morgan fingerprint density at radius 1 is 0.850 bits per heavy atom. The first-order valence-corrected chi connectivity index (χ1v) is 7.37. The van der Waals surface area contributed by atoms with Crippen LogP contribution >= 0.6 is 0 Å². The molecule has 3 nitrogen and oxygen atoms in total. The summed E-state index contributed by atoms with van der Waals surface area (Å²) >= 11 is 0. The fourth-order valence-corrected chi connectivity index (χ4v) is 2.93. The van der Waals surface area contributed by atoms with Gasteiger partial charge in [-0.1, -0.05) is 61.7 Å². The fourth-order valence-electron chi connectivity index (χ4n) is 1.76. The Labute approximate surface area is 119 Å². The number of hydrogen-bond acceptors (Lipinski definition) is 3. The predicted molar refractivity (Wildman–Crippen MR) is 80.9 cm³/mol. The van der Waals surface area contributed by atoms with Crippen LogP contribution in [0.2, 0.25) is 0 Å². The van der Waals surface area contributed by atoms with E-state index in [0.717, 1.165) is 0 Å². The molecule has 102 valence electrons. The SMILES string of the molecule is C=Cc1ccccc1OS(=O)(=O)c1ccccc1C=C. The van der Waals surface area contributed by atoms with Crippen molar-refractivity contribution < 1.29 is 12.6 Å². The summed E-state index contributed by atoms with van der Waals surface area (Å²) in [6.45, 7) is 7.25. The Balaban J connectivity index is 2.46. The van der Waals surface area contributed by atoms with Crippen molar-refractivity contribution in [1.29, 1.82) is 0 Å². The van der Waals surface area contributed by atoms with Crippen molar-refractivity contribution >= 4 is 22.3 Å². The molecule has 0 N–H and O–H groups in total. The highest BCUT2D eigenvalue weighted by atomic mass is 32.2. The van der Waals surface area contributed by atoms with Crippen molar-refractivity contribution in [3.8, 4) is 5.75 Å². The highest BCUT2D eigenvalue weighted by Crippen LogP contribution is 2.25. The molecule has 0 aliphatic carbocycles. The van der Waals surface area contributed by atoms with Gasteiger partial charge in [-0.05, 0) is 17.7 Å². The second kappa shape index (κ2) is 5.75. The molecule has 0 aromatic heterocycles. The van der Waals surface area contributed by atoms with Crippen molar-refractivity contribution in [2.45, 2.75) is 4.90 Å². The first-order chi connectivity index (χ1) is 9.58. The molecule has 0 spiro atoms. The predicted octanol–water partition coefficient (Wildman–Crippen LogP) is 3.74. The second-order valence-electron chi connectivity index (χ2n) is 4.02. The Hall–Kier alpha value is -2.33. The van der Waals surface area contributed by atoms with Crippen LogP contribution in [0.3, 0.4) is 0 Å². The van der Waals surface area contributed by atoms with Gasteiger partial charge in [0.05, 0.1) is 0 Å². The maximum Gasteiger partial charge on any atom is 0.339 e. The summed E-state index contributed by atoms with van der Waals surface area (Å²) in [7, 11) is -3.91. The van der Waals surface area contributed by atoms with E-state index in [1.165, 1.54) is 12.1 Å². The fraction of sp³-hybridized carbons (Fsp3) is 0. The molecular formula is C16H14O3S. The van der Waals surface area contributed by atoms with Crippen LogP contribution in [0.1, 0.15) is 11.1 Å². The zero-order chi connectivity index (χ0) is 14.6. The Morgan fingerprint density at radius 3 is 2.05 bits per heavy atom. The standard InChI is InChI=1S/C16H14O3S/c1-3-13-9-5-7-11-15(13)19-20(17,18)16-12-8-6-10-14(16)4-2/h3-12H,1-2H2. The van der Waals surface area contributed by atoms with Crippen molar-refractivity contribution in [1.82, 2.24) is 0 Å². The van der Waals surface area contributed by atoms with E-state index in [0.29, 0.717) is 11.1 Å². The molecule has 0 heterocycles. The average molecular weight is 286 g/mol. The van der Waals surface area contributed by atoms with Gasteiger partial charge < -0.3 is 4.18 Å². The van der Waals surface area contributed by atoms with E-state index in [1.807, 2.05) is 0 Å². The quantitative estimate of drug-likeness (QED) is 0.786. The van der Waals surface area contributed by atoms with Gasteiger partial charge in [-0.25, -0.2) is 0 Å². The van der Waals surface area contributed by atoms with Gasteiger partial charge in [-0.2, -0.15) is 8.42 Å². The molecule has 0 aliphatic heterocycles. The van der Waals surface area contributed by atoms with Crippen LogP contribution in [0, 0.1) is 0 Å². The molecule has 2 aromatic rings. The Kier molecular flexibility index (Phi) is 4.05. The van der Waals surface area contributed by atoms with Gasteiger partial charge >= 0.3 is 10.1 Å². The third kappa shape index (κ3) is 2.81. The maximum atomic E-state index is 12.3. The number of rotatable bonds is 5. The van der Waals surface area contributed by atoms with Crippen molar-refractivity contribution in [2.24, 2.45) is 0 Å². The molecule has 0 bridgehead atoms. The van der Waals surface area contributed by atoms with Gasteiger partial charge in [0.25, 0.3) is 0 Å². The van der Waals surface area contributed by atoms with E-state index < -0.39 is 10.1 Å². The maximum absolute atomic E-state index is 12.3. The van der Waals surface area contributed by atoms with Crippen molar-refractivity contribution in [3.63, 3.8) is 0 Å². The molecule has 0 fully saturated rings. The third-order valence-corrected chi connectivity index (χ3v) is 4.06. The summed E-state index contributed by atoms with van der Waals surface area (Å²) in [5.41, 5.74) is 1.12. The van der Waals surface area contributed by atoms with E-state index in [2.05, 4.69) is 13.2 Å². The minimum atomic E-state index is -3.91. The van der Waals surface area contributed by atoms with Gasteiger partial charge in [-0.15, -0.1) is 0 Å². The molecule has 0 radical (unpaired) electrons. The lowest BCUT2D eigenvalue weighted by Crippen LogP contribution is -2.11. The summed E-state index contributed by atoms with van der Waals surface area (Å²) in [6, 6.07) is 13.4. The summed E-state index contributed by atoms with van der Waals surface area (Å²) in [4.78, 5) is 0.0915. The van der Waals surface area contributed by atoms with E-state index in [9.17, 15) is 8.42 Å². The molecule has 0 atom stereocenters. The van der Waals surface area contributed by atoms with Gasteiger partial charge in [0.15, 0.2) is 0 Å². The highest BCUT2D eigenvalue weighted by molar-refractivity contribution is 7.87. The normalized spacial score (nSPS) is 10.8. The van der Waals surface area contributed by atoms with Crippen LogP contribution in [0.15, 0.2) is 66.6 Å². The van der Waals surface area contributed by atoms with E-state index >= 15 is 0 Å². The summed E-state index contributed by atoms with van der Waals surface area (Å²) in [5, 5.41) is 0. The van der Waals surface area contributed by atoms with Crippen molar-refractivity contribution in [2.75, 3.05) is 0 Å². The van der Waals surface area contributed by atoms with E-state index in [1.54, 1.807) is 48.5 Å². The zero-order valence-corrected chi connectivity index (χ0v) is 11.6. The second-order valence-corrected chi connectivity index (χ2v) is 5.54. The molecule has 0 unspecified atom stereocenters. The highest BCUT2D eigenvalue weighted by Gasteiger charge is 2.20. The van der Waals surface area contributed by atoms with Crippen LogP contribution in [-0.2, 0) is 10.1 Å². The topological polar surface area (TPSA) is 43.4 Å². The number of hydrogen-bond donors (Lipinski definition) is 0. The largest absolute Gasteiger partial charge is 0.378 e. The lowest BCUT2D eigenvalue weighted by Gasteiger charge is -2.11. The van der Waals surface area contributed by atoms with E-state index in [-0.39, 0.29) is 10.6 Å². The van der Waals surface area contributed by atoms with Crippen LogP contribution in [0.25, 0.3) is 12.2 Å². The van der Waals surface area contributed by atoms with Crippen LogP contribution in [0.5, 0.6) is 5.75 Å². The van der Waals surface area contributed by atoms with E-state index in [4.69, 9.17) is 4.18 Å². The smallest absolute Gasteiger partial charge is 0.339 e. The Bertz CT molecular complexity index is 746. The molecule has 20 heavy (non-hydrogen) atoms. The van der Waals surface area contributed by atoms with Crippen LogP contribution in [0.4, 0.5) is 0 Å². The summed E-state index contributed by atoms with van der Waals surface area (Å²) < 4.78 is 29.9. The molecule has 2 rings (SSSR count). The molecule has 0 amide bonds. The number of benzene rings is 2. The van der Waals surface area contributed by atoms with Gasteiger partial charge in [0.1, 0.15) is 10.6 Å². The lowest BCUT2D eigenvalue weighted by molar-refractivity contribution is 0.485. The first kappa shape index (κ1) is 14.1. The average Bonchev–Trinajstić information content (AvgIpc) is 2.47. The van der Waals surface area contributed by atoms with Crippen LogP contribution < -0.4 is 4.18 Å². The van der Waals surface area contributed by atoms with Gasteiger partial charge in [0.2, 0.25) is 0 Å². The van der Waals surface area contributed by atoms with Gasteiger partial charge in [-0.3, -0.25) is 0 Å². The molecule has 0 aliphatic rings. The van der Waals surface area contributed by atoms with Crippen molar-refractivity contribution in [3.05, 3.63) is 72.8 Å². The third-order valence-electron chi connectivity index (χ3n) is 2.75. The minimum Gasteiger partial charge on any atom is -0.378 e.